The number of carbonyl (C=O) groups is 2. The number of carbonyl (C=O) groups excluding carboxylic acids is 2. The molecule has 0 spiro atoms. The minimum atomic E-state index is -4.78. The predicted octanol–water partition coefficient (Wildman–Crippen LogP) is 6.02. The molecule has 0 N–H and O–H groups in total. The number of amides is 1. The van der Waals surface area contributed by atoms with Crippen LogP contribution in [0.15, 0.2) is 71.6 Å². The molecule has 1 amide bonds. The Bertz CT molecular complexity index is 1260. The van der Waals surface area contributed by atoms with Gasteiger partial charge < -0.3 is 19.1 Å². The van der Waals surface area contributed by atoms with Crippen LogP contribution in [0.3, 0.4) is 0 Å². The Morgan fingerprint density at radius 3 is 2.54 bits per heavy atom. The van der Waals surface area contributed by atoms with Crippen LogP contribution in [0.5, 0.6) is 11.5 Å². The molecule has 1 aliphatic rings. The molecule has 6 nitrogen and oxygen atoms in total. The lowest BCUT2D eigenvalue weighted by Crippen LogP contribution is -2.23. The molecule has 0 aromatic heterocycles. The highest BCUT2D eigenvalue weighted by molar-refractivity contribution is 8.00. The zero-order chi connectivity index (χ0) is 26.4. The van der Waals surface area contributed by atoms with Crippen LogP contribution in [0, 0.1) is 0 Å². The maximum absolute atomic E-state index is 13.0. The van der Waals surface area contributed by atoms with Crippen molar-refractivity contribution in [2.24, 2.45) is 0 Å². The third-order valence-electron chi connectivity index (χ3n) is 5.52. The van der Waals surface area contributed by atoms with Gasteiger partial charge in [0.25, 0.3) is 5.91 Å². The first-order valence-electron chi connectivity index (χ1n) is 11.5. The smallest absolute Gasteiger partial charge is 0.493 e. The summed E-state index contributed by atoms with van der Waals surface area (Å²) in [6.45, 7) is 2.74. The average Bonchev–Trinajstić information content (AvgIpc) is 3.20. The number of nitrogens with zero attached hydrogens (tertiary/aromatic N) is 1. The lowest BCUT2D eigenvalue weighted by atomic mass is 10.1. The fourth-order valence-corrected chi connectivity index (χ4v) is 4.67. The van der Waals surface area contributed by atoms with Gasteiger partial charge in [-0.25, -0.2) is 0 Å². The molecule has 0 saturated heterocycles. The molecule has 1 aliphatic heterocycles. The van der Waals surface area contributed by atoms with Crippen LogP contribution in [0.1, 0.15) is 28.4 Å². The number of benzene rings is 3. The van der Waals surface area contributed by atoms with Gasteiger partial charge in [0.05, 0.1) is 25.5 Å². The number of rotatable bonds is 10. The van der Waals surface area contributed by atoms with E-state index in [1.54, 1.807) is 25.1 Å². The number of esters is 1. The van der Waals surface area contributed by atoms with E-state index in [4.69, 9.17) is 9.47 Å². The maximum Gasteiger partial charge on any atom is 0.573 e. The number of alkyl halides is 3. The number of thioether (sulfide) groups is 1. The third kappa shape index (κ3) is 6.97. The highest BCUT2D eigenvalue weighted by Crippen LogP contribution is 2.35. The molecule has 0 radical (unpaired) electrons. The minimum Gasteiger partial charge on any atom is -0.493 e. The number of anilines is 1. The molecule has 1 heterocycles. The lowest BCUT2D eigenvalue weighted by molar-refractivity contribution is -0.274. The Hall–Kier alpha value is -3.66. The van der Waals surface area contributed by atoms with Crippen molar-refractivity contribution in [2.45, 2.75) is 31.1 Å². The monoisotopic (exact) mass is 531 g/mol. The molecule has 194 valence electrons. The molecular formula is C27H24F3NO5S. The molecule has 3 aromatic rings. The lowest BCUT2D eigenvalue weighted by Gasteiger charge is -2.17. The quantitative estimate of drug-likeness (QED) is 0.235. The molecule has 0 atom stereocenters. The number of ether oxygens (including phenoxy) is 3. The normalized spacial score (nSPS) is 12.9. The topological polar surface area (TPSA) is 65.1 Å². The average molecular weight is 532 g/mol. The first kappa shape index (κ1) is 26.4. The van der Waals surface area contributed by atoms with E-state index in [1.165, 1.54) is 40.9 Å². The molecule has 0 unspecified atom stereocenters. The number of fused-ring (bicyclic) bond motifs is 1. The first-order valence-corrected chi connectivity index (χ1v) is 12.5. The van der Waals surface area contributed by atoms with Crippen molar-refractivity contribution in [3.05, 3.63) is 83.4 Å². The van der Waals surface area contributed by atoms with Crippen molar-refractivity contribution in [2.75, 3.05) is 23.9 Å². The van der Waals surface area contributed by atoms with Gasteiger partial charge in [0.2, 0.25) is 0 Å². The van der Waals surface area contributed by atoms with Gasteiger partial charge in [0.15, 0.2) is 0 Å². The second-order valence-corrected chi connectivity index (χ2v) is 9.10. The van der Waals surface area contributed by atoms with Gasteiger partial charge >= 0.3 is 12.3 Å². The Morgan fingerprint density at radius 1 is 1.05 bits per heavy atom. The number of halogens is 3. The Morgan fingerprint density at radius 2 is 1.81 bits per heavy atom. The summed E-state index contributed by atoms with van der Waals surface area (Å²) in [5, 5.41) is 0. The first-order chi connectivity index (χ1) is 17.7. The van der Waals surface area contributed by atoms with E-state index in [2.05, 4.69) is 4.74 Å². The van der Waals surface area contributed by atoms with E-state index < -0.39 is 6.36 Å². The number of hydrogen-bond donors (Lipinski definition) is 0. The summed E-state index contributed by atoms with van der Waals surface area (Å²) in [6.07, 6.45) is -4.16. The van der Waals surface area contributed by atoms with Gasteiger partial charge in [-0.2, -0.15) is 0 Å². The van der Waals surface area contributed by atoms with Crippen molar-refractivity contribution in [3.63, 3.8) is 0 Å². The van der Waals surface area contributed by atoms with E-state index in [9.17, 15) is 22.8 Å². The van der Waals surface area contributed by atoms with Crippen molar-refractivity contribution in [1.29, 1.82) is 0 Å². The molecular weight excluding hydrogens is 507 g/mol. The summed E-state index contributed by atoms with van der Waals surface area (Å²) >= 11 is 1.41. The van der Waals surface area contributed by atoms with E-state index in [-0.39, 0.29) is 29.9 Å². The molecule has 37 heavy (non-hydrogen) atoms. The molecule has 4 rings (SSSR count). The van der Waals surface area contributed by atoms with Gasteiger partial charge in [0, 0.05) is 28.1 Å². The van der Waals surface area contributed by atoms with Gasteiger partial charge in [-0.1, -0.05) is 18.2 Å². The molecule has 0 bridgehead atoms. The number of hydrogen-bond acceptors (Lipinski definition) is 6. The summed E-state index contributed by atoms with van der Waals surface area (Å²) in [4.78, 5) is 27.0. The van der Waals surface area contributed by atoms with E-state index in [0.29, 0.717) is 36.6 Å². The molecule has 0 fully saturated rings. The van der Waals surface area contributed by atoms with Crippen LogP contribution in [-0.4, -0.2) is 37.2 Å². The van der Waals surface area contributed by atoms with Gasteiger partial charge in [0.1, 0.15) is 11.5 Å². The summed E-state index contributed by atoms with van der Waals surface area (Å²) < 4.78 is 52.2. The fourth-order valence-electron chi connectivity index (χ4n) is 3.89. The predicted molar refractivity (Wildman–Crippen MR) is 133 cm³/mol. The van der Waals surface area contributed by atoms with Crippen LogP contribution >= 0.6 is 11.8 Å². The summed E-state index contributed by atoms with van der Waals surface area (Å²) in [5.74, 6) is -0.0392. The van der Waals surface area contributed by atoms with Crippen LogP contribution in [0.2, 0.25) is 0 Å². The van der Waals surface area contributed by atoms with Crippen molar-refractivity contribution in [3.8, 4) is 11.5 Å². The molecule has 0 aliphatic carbocycles. The van der Waals surface area contributed by atoms with E-state index in [0.717, 1.165) is 16.0 Å². The largest absolute Gasteiger partial charge is 0.573 e. The highest BCUT2D eigenvalue weighted by atomic mass is 32.2. The zero-order valence-electron chi connectivity index (χ0n) is 19.9. The van der Waals surface area contributed by atoms with Crippen molar-refractivity contribution in [1.82, 2.24) is 0 Å². The fraction of sp³-hybridized carbons (Fsp3) is 0.259. The summed E-state index contributed by atoms with van der Waals surface area (Å²) in [7, 11) is 0. The Labute approximate surface area is 216 Å². The van der Waals surface area contributed by atoms with Crippen molar-refractivity contribution >= 4 is 29.3 Å². The molecule has 10 heteroatoms. The molecule has 0 saturated carbocycles. The second kappa shape index (κ2) is 11.6. The highest BCUT2D eigenvalue weighted by Gasteiger charge is 2.33. The maximum atomic E-state index is 13.0. The third-order valence-corrected chi connectivity index (χ3v) is 6.48. The van der Waals surface area contributed by atoms with Crippen molar-refractivity contribution < 1.29 is 37.0 Å². The SMILES string of the molecule is CCOC(=O)CSc1cccc(CCOc2cccc3c2CN(c2ccc(OC(F)(F)F)cc2)C3=O)c1. The van der Waals surface area contributed by atoms with Gasteiger partial charge in [-0.05, 0) is 61.0 Å². The molecule has 3 aromatic carbocycles. The Balaban J connectivity index is 1.37. The zero-order valence-corrected chi connectivity index (χ0v) is 20.7. The van der Waals surface area contributed by atoms with Crippen LogP contribution in [-0.2, 0) is 22.5 Å². The Kier molecular flexibility index (Phi) is 8.27. The summed E-state index contributed by atoms with van der Waals surface area (Å²) in [6, 6.07) is 18.2. The van der Waals surface area contributed by atoms with Gasteiger partial charge in [-0.15, -0.1) is 24.9 Å². The van der Waals surface area contributed by atoms with Crippen LogP contribution in [0.25, 0.3) is 0 Å². The van der Waals surface area contributed by atoms with Gasteiger partial charge in [-0.3, -0.25) is 9.59 Å². The summed E-state index contributed by atoms with van der Waals surface area (Å²) in [5.41, 5.74) is 2.71. The van der Waals surface area contributed by atoms with Crippen LogP contribution < -0.4 is 14.4 Å². The van der Waals surface area contributed by atoms with E-state index >= 15 is 0 Å². The standard InChI is InChI=1S/C27H24F3NO5S/c1-2-34-25(32)17-37-21-6-3-5-18(15-21)13-14-35-24-8-4-7-22-23(24)16-31(26(22)33)19-9-11-20(12-10-19)36-27(28,29)30/h3-12,15H,2,13-14,16-17H2,1H3. The second-order valence-electron chi connectivity index (χ2n) is 8.05. The minimum absolute atomic E-state index is 0.240. The van der Waals surface area contributed by atoms with Crippen LogP contribution in [0.4, 0.5) is 18.9 Å². The van der Waals surface area contributed by atoms with E-state index in [1.807, 2.05) is 24.3 Å².